The van der Waals surface area contributed by atoms with E-state index >= 15 is 0 Å². The highest BCUT2D eigenvalue weighted by Crippen LogP contribution is 2.15. The van der Waals surface area contributed by atoms with E-state index in [4.69, 9.17) is 15.7 Å². The number of pyridine rings is 1. The van der Waals surface area contributed by atoms with Crippen LogP contribution in [-0.4, -0.2) is 47.2 Å². The van der Waals surface area contributed by atoms with E-state index in [1.165, 1.54) is 0 Å². The SMILES string of the molecule is CN(Cc1cccnc1C(N)=NO)CC1CCCO1. The van der Waals surface area contributed by atoms with Crippen LogP contribution in [0.5, 0.6) is 0 Å². The molecule has 1 atom stereocenters. The number of likely N-dealkylation sites (N-methyl/N-ethyl adjacent to an activating group) is 1. The molecular formula is C13H20N4O2. The number of oxime groups is 1. The predicted octanol–water partition coefficient (Wildman–Crippen LogP) is 0.787. The molecule has 6 heteroatoms. The molecule has 1 aromatic rings. The maximum Gasteiger partial charge on any atom is 0.189 e. The molecule has 0 spiro atoms. The molecule has 1 aliphatic rings. The minimum atomic E-state index is 0.0427. The number of ether oxygens (including phenoxy) is 1. The lowest BCUT2D eigenvalue weighted by Crippen LogP contribution is -2.29. The predicted molar refractivity (Wildman–Crippen MR) is 72.1 cm³/mol. The van der Waals surface area contributed by atoms with E-state index in [1.54, 1.807) is 6.20 Å². The first-order chi connectivity index (χ1) is 9.20. The Morgan fingerprint density at radius 2 is 2.53 bits per heavy atom. The Morgan fingerprint density at radius 3 is 3.21 bits per heavy atom. The van der Waals surface area contributed by atoms with Gasteiger partial charge in [0.1, 0.15) is 5.69 Å². The van der Waals surface area contributed by atoms with Gasteiger partial charge >= 0.3 is 0 Å². The standard InChI is InChI=1S/C13H20N4O2/c1-17(9-11-5-3-7-19-11)8-10-4-2-6-15-12(10)13(14)16-18/h2,4,6,11,18H,3,5,7-9H2,1H3,(H2,14,16). The molecule has 0 bridgehead atoms. The number of nitrogens with two attached hydrogens (primary N) is 1. The van der Waals surface area contributed by atoms with Crippen molar-refractivity contribution in [1.29, 1.82) is 0 Å². The summed E-state index contributed by atoms with van der Waals surface area (Å²) in [6.07, 6.45) is 4.20. The number of hydrogen-bond donors (Lipinski definition) is 2. The van der Waals surface area contributed by atoms with Crippen LogP contribution in [0.1, 0.15) is 24.1 Å². The average Bonchev–Trinajstić information content (AvgIpc) is 2.91. The molecule has 1 saturated heterocycles. The molecular weight excluding hydrogens is 244 g/mol. The molecule has 0 aromatic carbocycles. The summed E-state index contributed by atoms with van der Waals surface area (Å²) in [6.45, 7) is 2.44. The maximum atomic E-state index is 8.77. The first-order valence-electron chi connectivity index (χ1n) is 6.42. The molecule has 3 N–H and O–H groups in total. The van der Waals surface area contributed by atoms with E-state index in [9.17, 15) is 0 Å². The molecule has 104 valence electrons. The van der Waals surface area contributed by atoms with Crippen LogP contribution < -0.4 is 5.73 Å². The van der Waals surface area contributed by atoms with Crippen LogP contribution >= 0.6 is 0 Å². The molecule has 2 heterocycles. The first kappa shape index (κ1) is 13.8. The summed E-state index contributed by atoms with van der Waals surface area (Å²) in [5, 5.41) is 11.8. The summed E-state index contributed by atoms with van der Waals surface area (Å²) in [4.78, 5) is 6.33. The van der Waals surface area contributed by atoms with Gasteiger partial charge in [-0.25, -0.2) is 0 Å². The summed E-state index contributed by atoms with van der Waals surface area (Å²) in [6, 6.07) is 3.79. The maximum absolute atomic E-state index is 8.77. The van der Waals surface area contributed by atoms with Gasteiger partial charge in [-0.2, -0.15) is 0 Å². The monoisotopic (exact) mass is 264 g/mol. The van der Waals surface area contributed by atoms with Crippen molar-refractivity contribution in [2.75, 3.05) is 20.2 Å². The fraction of sp³-hybridized carbons (Fsp3) is 0.538. The van der Waals surface area contributed by atoms with Crippen LogP contribution in [0.25, 0.3) is 0 Å². The highest BCUT2D eigenvalue weighted by Gasteiger charge is 2.18. The number of aromatic nitrogens is 1. The smallest absolute Gasteiger partial charge is 0.189 e. The van der Waals surface area contributed by atoms with Gasteiger partial charge in [0.05, 0.1) is 6.10 Å². The number of nitrogens with zero attached hydrogens (tertiary/aromatic N) is 3. The van der Waals surface area contributed by atoms with Gasteiger partial charge in [-0.05, 0) is 31.5 Å². The summed E-state index contributed by atoms with van der Waals surface area (Å²) in [5.74, 6) is 0.0427. The van der Waals surface area contributed by atoms with Crippen LogP contribution in [0.15, 0.2) is 23.5 Å². The molecule has 1 aromatic heterocycles. The summed E-state index contributed by atoms with van der Waals surface area (Å²) in [7, 11) is 2.03. The van der Waals surface area contributed by atoms with Crippen molar-refractivity contribution in [2.24, 2.45) is 10.9 Å². The summed E-state index contributed by atoms with van der Waals surface area (Å²) >= 11 is 0. The highest BCUT2D eigenvalue weighted by molar-refractivity contribution is 5.96. The Kier molecular flexibility index (Phi) is 4.70. The molecule has 2 rings (SSSR count). The van der Waals surface area contributed by atoms with Crippen molar-refractivity contribution in [3.05, 3.63) is 29.6 Å². The van der Waals surface area contributed by atoms with E-state index in [0.29, 0.717) is 18.3 Å². The lowest BCUT2D eigenvalue weighted by molar-refractivity contribution is 0.0793. The minimum absolute atomic E-state index is 0.0427. The zero-order chi connectivity index (χ0) is 13.7. The normalized spacial score (nSPS) is 20.1. The second kappa shape index (κ2) is 6.49. The Bertz CT molecular complexity index is 444. The number of amidine groups is 1. The van der Waals surface area contributed by atoms with Gasteiger partial charge in [0.2, 0.25) is 0 Å². The minimum Gasteiger partial charge on any atom is -0.409 e. The van der Waals surface area contributed by atoms with E-state index in [-0.39, 0.29) is 5.84 Å². The van der Waals surface area contributed by atoms with Crippen molar-refractivity contribution in [1.82, 2.24) is 9.88 Å². The second-order valence-electron chi connectivity index (χ2n) is 4.83. The van der Waals surface area contributed by atoms with Crippen molar-refractivity contribution in [3.8, 4) is 0 Å². The van der Waals surface area contributed by atoms with E-state index < -0.39 is 0 Å². The van der Waals surface area contributed by atoms with Gasteiger partial charge < -0.3 is 15.7 Å². The molecule has 0 saturated carbocycles. The van der Waals surface area contributed by atoms with Gasteiger partial charge in [-0.1, -0.05) is 11.2 Å². The van der Waals surface area contributed by atoms with Crippen molar-refractivity contribution in [3.63, 3.8) is 0 Å². The summed E-state index contributed by atoms with van der Waals surface area (Å²) < 4.78 is 5.61. The third kappa shape index (κ3) is 3.65. The van der Waals surface area contributed by atoms with Crippen molar-refractivity contribution < 1.29 is 9.94 Å². The lowest BCUT2D eigenvalue weighted by Gasteiger charge is -2.21. The number of rotatable bonds is 5. The first-order valence-corrected chi connectivity index (χ1v) is 6.42. The van der Waals surface area contributed by atoms with Gasteiger partial charge in [-0.3, -0.25) is 9.88 Å². The summed E-state index contributed by atoms with van der Waals surface area (Å²) in [5.41, 5.74) is 7.10. The Morgan fingerprint density at radius 1 is 1.68 bits per heavy atom. The molecule has 0 amide bonds. The largest absolute Gasteiger partial charge is 0.409 e. The molecule has 0 radical (unpaired) electrons. The van der Waals surface area contributed by atoms with Gasteiger partial charge in [0, 0.05) is 25.9 Å². The van der Waals surface area contributed by atoms with Gasteiger partial charge in [0.15, 0.2) is 5.84 Å². The van der Waals surface area contributed by atoms with Crippen LogP contribution in [-0.2, 0) is 11.3 Å². The molecule has 1 unspecified atom stereocenters. The third-order valence-corrected chi connectivity index (χ3v) is 3.22. The number of hydrogen-bond acceptors (Lipinski definition) is 5. The van der Waals surface area contributed by atoms with Crippen molar-refractivity contribution >= 4 is 5.84 Å². The Labute approximate surface area is 112 Å². The molecule has 1 fully saturated rings. The fourth-order valence-corrected chi connectivity index (χ4v) is 2.34. The van der Waals surface area contributed by atoms with Gasteiger partial charge in [0.25, 0.3) is 0 Å². The fourth-order valence-electron chi connectivity index (χ4n) is 2.34. The zero-order valence-corrected chi connectivity index (χ0v) is 11.1. The lowest BCUT2D eigenvalue weighted by atomic mass is 10.1. The van der Waals surface area contributed by atoms with Crippen LogP contribution in [0.3, 0.4) is 0 Å². The van der Waals surface area contributed by atoms with Gasteiger partial charge in [-0.15, -0.1) is 0 Å². The molecule has 19 heavy (non-hydrogen) atoms. The topological polar surface area (TPSA) is 84.0 Å². The molecule has 0 aliphatic carbocycles. The van der Waals surface area contributed by atoms with Crippen molar-refractivity contribution in [2.45, 2.75) is 25.5 Å². The Balaban J connectivity index is 2.01. The quantitative estimate of drug-likeness (QED) is 0.355. The molecule has 6 nitrogen and oxygen atoms in total. The van der Waals surface area contributed by atoms with Crippen LogP contribution in [0, 0.1) is 0 Å². The zero-order valence-electron chi connectivity index (χ0n) is 11.1. The average molecular weight is 264 g/mol. The van der Waals surface area contributed by atoms with Crippen LogP contribution in [0.4, 0.5) is 0 Å². The van der Waals surface area contributed by atoms with Crippen LogP contribution in [0.2, 0.25) is 0 Å². The van der Waals surface area contributed by atoms with E-state index in [0.717, 1.165) is 31.6 Å². The molecule has 1 aliphatic heterocycles. The van der Waals surface area contributed by atoms with E-state index in [2.05, 4.69) is 15.0 Å². The highest BCUT2D eigenvalue weighted by atomic mass is 16.5. The van der Waals surface area contributed by atoms with E-state index in [1.807, 2.05) is 19.2 Å². The third-order valence-electron chi connectivity index (χ3n) is 3.22. The second-order valence-corrected chi connectivity index (χ2v) is 4.83. The Hall–Kier alpha value is -1.66.